The molecule has 6 nitrogen and oxygen atoms in total. The first-order valence-corrected chi connectivity index (χ1v) is 10.3. The van der Waals surface area contributed by atoms with Gasteiger partial charge in [-0.3, -0.25) is 0 Å². The highest BCUT2D eigenvalue weighted by Crippen LogP contribution is 2.24. The standard InChI is InChI=1S/C18H18BrN3O3S/c1-13(2)22(26(23,24)16-10-6-9-15(19)11-16)12-17-20-21-18(25-17)14-7-4-3-5-8-14/h3-11,13H,12H2,1-2H3. The van der Waals surface area contributed by atoms with Gasteiger partial charge >= 0.3 is 0 Å². The fourth-order valence-electron chi connectivity index (χ4n) is 2.46. The number of aromatic nitrogens is 2. The first-order chi connectivity index (χ1) is 12.4. The summed E-state index contributed by atoms with van der Waals surface area (Å²) in [5.74, 6) is 0.611. The number of hydrogen-bond acceptors (Lipinski definition) is 5. The van der Waals surface area contributed by atoms with Crippen molar-refractivity contribution in [2.45, 2.75) is 31.3 Å². The highest BCUT2D eigenvalue weighted by atomic mass is 79.9. The molecule has 0 amide bonds. The Morgan fingerprint density at radius 1 is 1.08 bits per heavy atom. The second-order valence-corrected chi connectivity index (χ2v) is 8.77. The second-order valence-electron chi connectivity index (χ2n) is 5.97. The summed E-state index contributed by atoms with van der Waals surface area (Å²) in [5, 5.41) is 8.03. The van der Waals surface area contributed by atoms with E-state index >= 15 is 0 Å². The first-order valence-electron chi connectivity index (χ1n) is 8.03. The van der Waals surface area contributed by atoms with Crippen LogP contribution in [0.25, 0.3) is 11.5 Å². The van der Waals surface area contributed by atoms with Crippen LogP contribution < -0.4 is 0 Å². The monoisotopic (exact) mass is 435 g/mol. The molecule has 0 bridgehead atoms. The molecule has 136 valence electrons. The van der Waals surface area contributed by atoms with E-state index in [0.717, 1.165) is 5.56 Å². The number of halogens is 1. The predicted octanol–water partition coefficient (Wildman–Crippen LogP) is 4.10. The van der Waals surface area contributed by atoms with Crippen LogP contribution in [0.3, 0.4) is 0 Å². The van der Waals surface area contributed by atoms with Crippen LogP contribution in [0.1, 0.15) is 19.7 Å². The lowest BCUT2D eigenvalue weighted by Crippen LogP contribution is -2.36. The molecule has 0 radical (unpaired) electrons. The van der Waals surface area contributed by atoms with E-state index in [2.05, 4.69) is 26.1 Å². The zero-order valence-electron chi connectivity index (χ0n) is 14.3. The van der Waals surface area contributed by atoms with Gasteiger partial charge in [-0.25, -0.2) is 8.42 Å². The van der Waals surface area contributed by atoms with Gasteiger partial charge in [0.25, 0.3) is 0 Å². The fourth-order valence-corrected chi connectivity index (χ4v) is 4.64. The van der Waals surface area contributed by atoms with E-state index in [0.29, 0.717) is 10.4 Å². The van der Waals surface area contributed by atoms with Gasteiger partial charge in [-0.1, -0.05) is 40.2 Å². The number of nitrogens with zero attached hydrogens (tertiary/aromatic N) is 3. The summed E-state index contributed by atoms with van der Waals surface area (Å²) in [5.41, 5.74) is 0.789. The van der Waals surface area contributed by atoms with Crippen molar-refractivity contribution in [3.05, 3.63) is 65.0 Å². The van der Waals surface area contributed by atoms with Crippen LogP contribution in [0, 0.1) is 0 Å². The van der Waals surface area contributed by atoms with E-state index in [1.165, 1.54) is 4.31 Å². The third-order valence-electron chi connectivity index (χ3n) is 3.76. The Balaban J connectivity index is 1.89. The minimum absolute atomic E-state index is 0.00630. The summed E-state index contributed by atoms with van der Waals surface area (Å²) in [6.07, 6.45) is 0. The van der Waals surface area contributed by atoms with Crippen LogP contribution in [-0.4, -0.2) is 29.0 Å². The molecule has 0 saturated carbocycles. The van der Waals surface area contributed by atoms with Gasteiger partial charge in [0.2, 0.25) is 21.8 Å². The van der Waals surface area contributed by atoms with Crippen molar-refractivity contribution in [3.8, 4) is 11.5 Å². The largest absolute Gasteiger partial charge is 0.419 e. The van der Waals surface area contributed by atoms with Crippen LogP contribution in [0.15, 0.2) is 68.4 Å². The van der Waals surface area contributed by atoms with E-state index in [-0.39, 0.29) is 23.4 Å². The van der Waals surface area contributed by atoms with E-state index in [4.69, 9.17) is 4.42 Å². The van der Waals surface area contributed by atoms with Crippen LogP contribution in [0.2, 0.25) is 0 Å². The van der Waals surface area contributed by atoms with Gasteiger partial charge in [-0.2, -0.15) is 4.31 Å². The van der Waals surface area contributed by atoms with E-state index in [1.807, 2.05) is 44.2 Å². The number of sulfonamides is 1. The zero-order valence-corrected chi connectivity index (χ0v) is 16.7. The minimum atomic E-state index is -3.70. The summed E-state index contributed by atoms with van der Waals surface area (Å²) in [6, 6.07) is 15.7. The zero-order chi connectivity index (χ0) is 18.7. The Bertz CT molecular complexity index is 988. The maximum atomic E-state index is 13.0. The topological polar surface area (TPSA) is 76.3 Å². The maximum absolute atomic E-state index is 13.0. The molecule has 0 atom stereocenters. The highest BCUT2D eigenvalue weighted by molar-refractivity contribution is 9.10. The molecule has 1 heterocycles. The molecule has 3 aromatic rings. The number of benzene rings is 2. The van der Waals surface area contributed by atoms with Crippen LogP contribution in [-0.2, 0) is 16.6 Å². The Hall–Kier alpha value is -2.03. The van der Waals surface area contributed by atoms with Crippen molar-refractivity contribution in [1.82, 2.24) is 14.5 Å². The summed E-state index contributed by atoms with van der Waals surface area (Å²) in [7, 11) is -3.70. The van der Waals surface area contributed by atoms with Gasteiger partial charge < -0.3 is 4.42 Å². The van der Waals surface area contributed by atoms with Crippen molar-refractivity contribution >= 4 is 26.0 Å². The molecule has 0 saturated heterocycles. The van der Waals surface area contributed by atoms with E-state index < -0.39 is 10.0 Å². The quantitative estimate of drug-likeness (QED) is 0.582. The average Bonchev–Trinajstić information content (AvgIpc) is 3.09. The third-order valence-corrected chi connectivity index (χ3v) is 6.27. The maximum Gasteiger partial charge on any atom is 0.247 e. The predicted molar refractivity (Wildman–Crippen MR) is 102 cm³/mol. The van der Waals surface area contributed by atoms with Gasteiger partial charge in [-0.15, -0.1) is 10.2 Å². The summed E-state index contributed by atoms with van der Waals surface area (Å²) < 4.78 is 33.8. The Kier molecular flexibility index (Phi) is 5.55. The Morgan fingerprint density at radius 3 is 2.46 bits per heavy atom. The smallest absolute Gasteiger partial charge is 0.247 e. The average molecular weight is 436 g/mol. The molecular formula is C18H18BrN3O3S. The summed E-state index contributed by atoms with van der Waals surface area (Å²) >= 11 is 3.31. The van der Waals surface area contributed by atoms with Gasteiger partial charge in [0, 0.05) is 16.1 Å². The molecule has 0 spiro atoms. The van der Waals surface area contributed by atoms with Crippen molar-refractivity contribution < 1.29 is 12.8 Å². The van der Waals surface area contributed by atoms with Crippen molar-refractivity contribution in [1.29, 1.82) is 0 Å². The molecule has 8 heteroatoms. The first kappa shape index (κ1) is 18.8. The van der Waals surface area contributed by atoms with E-state index in [9.17, 15) is 8.42 Å². The number of hydrogen-bond donors (Lipinski definition) is 0. The molecule has 0 aliphatic heterocycles. The second kappa shape index (κ2) is 7.69. The van der Waals surface area contributed by atoms with Gasteiger partial charge in [-0.05, 0) is 44.2 Å². The van der Waals surface area contributed by atoms with Crippen molar-refractivity contribution in [2.75, 3.05) is 0 Å². The molecule has 2 aromatic carbocycles. The van der Waals surface area contributed by atoms with Crippen LogP contribution >= 0.6 is 15.9 Å². The van der Waals surface area contributed by atoms with Crippen LogP contribution in [0.5, 0.6) is 0 Å². The molecule has 3 rings (SSSR count). The molecule has 26 heavy (non-hydrogen) atoms. The Morgan fingerprint density at radius 2 is 1.81 bits per heavy atom. The minimum Gasteiger partial charge on any atom is -0.419 e. The Labute approximate surface area is 161 Å². The normalized spacial score (nSPS) is 12.0. The molecule has 0 aliphatic carbocycles. The SMILES string of the molecule is CC(C)N(Cc1nnc(-c2ccccc2)o1)S(=O)(=O)c1cccc(Br)c1. The third kappa shape index (κ3) is 4.03. The summed E-state index contributed by atoms with van der Waals surface area (Å²) in [4.78, 5) is 0.211. The fraction of sp³-hybridized carbons (Fsp3) is 0.222. The number of rotatable bonds is 6. The molecule has 1 aromatic heterocycles. The molecule has 0 unspecified atom stereocenters. The lowest BCUT2D eigenvalue weighted by molar-refractivity contribution is 0.313. The molecule has 0 aliphatic rings. The summed E-state index contributed by atoms with van der Waals surface area (Å²) in [6.45, 7) is 3.63. The highest BCUT2D eigenvalue weighted by Gasteiger charge is 2.29. The molecule has 0 N–H and O–H groups in total. The van der Waals surface area contributed by atoms with Gasteiger partial charge in [0.15, 0.2) is 0 Å². The van der Waals surface area contributed by atoms with Gasteiger partial charge in [0.05, 0.1) is 11.4 Å². The van der Waals surface area contributed by atoms with Crippen LogP contribution in [0.4, 0.5) is 0 Å². The van der Waals surface area contributed by atoms with Crippen molar-refractivity contribution in [2.24, 2.45) is 0 Å². The lowest BCUT2D eigenvalue weighted by atomic mass is 10.2. The van der Waals surface area contributed by atoms with Gasteiger partial charge in [0.1, 0.15) is 0 Å². The lowest BCUT2D eigenvalue weighted by Gasteiger charge is -2.24. The molecular weight excluding hydrogens is 418 g/mol. The molecule has 0 fully saturated rings. The van der Waals surface area contributed by atoms with E-state index in [1.54, 1.807) is 24.3 Å². The van der Waals surface area contributed by atoms with Crippen molar-refractivity contribution in [3.63, 3.8) is 0 Å².